The molecule has 1 rings (SSSR count). The number of benzene rings is 1. The molecule has 3 nitrogen and oxygen atoms in total. The van der Waals surface area contributed by atoms with Crippen LogP contribution in [0.4, 0.5) is 0 Å². The van der Waals surface area contributed by atoms with E-state index in [0.29, 0.717) is 12.3 Å². The van der Waals surface area contributed by atoms with Gasteiger partial charge in [0.05, 0.1) is 5.75 Å². The molecule has 1 amide bonds. The average Bonchev–Trinajstić information content (AvgIpc) is 2.44. The summed E-state index contributed by atoms with van der Waals surface area (Å²) in [5.41, 5.74) is 8.13. The Labute approximate surface area is 138 Å². The van der Waals surface area contributed by atoms with E-state index in [1.165, 1.54) is 16.0 Å². The van der Waals surface area contributed by atoms with Crippen molar-refractivity contribution in [1.82, 2.24) is 5.32 Å². The number of carbonyl (C=O) groups excluding carboxylic acids is 1. The van der Waals surface area contributed by atoms with Crippen molar-refractivity contribution >= 4 is 30.1 Å². The smallest absolute Gasteiger partial charge is 0.230 e. The summed E-state index contributed by atoms with van der Waals surface area (Å²) < 4.78 is 0. The van der Waals surface area contributed by atoms with Gasteiger partial charge in [-0.15, -0.1) is 24.2 Å². The van der Waals surface area contributed by atoms with Gasteiger partial charge in [0.15, 0.2) is 0 Å². The summed E-state index contributed by atoms with van der Waals surface area (Å²) in [5, 5.41) is 3.02. The number of unbranched alkanes of at least 4 members (excludes halogenated alkanes) is 1. The maximum absolute atomic E-state index is 12.0. The Bertz CT molecular complexity index is 440. The molecule has 0 bridgehead atoms. The minimum atomic E-state index is 0. The fraction of sp³-hybridized carbons (Fsp3) is 0.562. The fourth-order valence-electron chi connectivity index (χ4n) is 1.97. The molecular weight excluding hydrogens is 304 g/mol. The first-order valence-corrected chi connectivity index (χ1v) is 8.24. The van der Waals surface area contributed by atoms with Crippen molar-refractivity contribution in [2.24, 2.45) is 5.73 Å². The zero-order chi connectivity index (χ0) is 15.0. The highest BCUT2D eigenvalue weighted by Gasteiger charge is 2.11. The SMILES string of the molecule is CCCCC(CN)NC(=O)CSc1cc(C)ccc1C.Cl. The molecule has 3 N–H and O–H groups in total. The monoisotopic (exact) mass is 330 g/mol. The third-order valence-corrected chi connectivity index (χ3v) is 4.42. The molecule has 0 heterocycles. The number of halogens is 1. The summed E-state index contributed by atoms with van der Waals surface area (Å²) in [6, 6.07) is 6.43. The van der Waals surface area contributed by atoms with Crippen LogP contribution < -0.4 is 11.1 Å². The maximum Gasteiger partial charge on any atom is 0.230 e. The standard InChI is InChI=1S/C16H26N2OS.ClH/c1-4-5-6-14(10-17)18-16(19)11-20-15-9-12(2)7-8-13(15)3;/h7-9,14H,4-6,10-11,17H2,1-3H3,(H,18,19);1H. The molecule has 1 aromatic carbocycles. The first kappa shape index (κ1) is 20.3. The summed E-state index contributed by atoms with van der Waals surface area (Å²) in [5.74, 6) is 0.523. The Morgan fingerprint density at radius 2 is 2.10 bits per heavy atom. The van der Waals surface area contributed by atoms with Gasteiger partial charge in [0.25, 0.3) is 0 Å². The highest BCUT2D eigenvalue weighted by molar-refractivity contribution is 8.00. The van der Waals surface area contributed by atoms with Crippen LogP contribution in [0.3, 0.4) is 0 Å². The van der Waals surface area contributed by atoms with Gasteiger partial charge in [-0.05, 0) is 31.9 Å². The molecule has 5 heteroatoms. The molecule has 0 aliphatic rings. The van der Waals surface area contributed by atoms with Gasteiger partial charge in [0.2, 0.25) is 5.91 Å². The molecule has 0 fully saturated rings. The number of rotatable bonds is 8. The Morgan fingerprint density at radius 1 is 1.38 bits per heavy atom. The Hall–Kier alpha value is -0.710. The number of aryl methyl sites for hydroxylation is 2. The Kier molecular flexibility index (Phi) is 10.6. The first-order chi connectivity index (χ1) is 9.56. The summed E-state index contributed by atoms with van der Waals surface area (Å²) in [4.78, 5) is 13.1. The van der Waals surface area contributed by atoms with Crippen LogP contribution in [0.15, 0.2) is 23.1 Å². The Balaban J connectivity index is 0.00000400. The van der Waals surface area contributed by atoms with Gasteiger partial charge in [-0.1, -0.05) is 37.5 Å². The van der Waals surface area contributed by atoms with Crippen molar-refractivity contribution in [3.8, 4) is 0 Å². The van der Waals surface area contributed by atoms with Crippen LogP contribution in [0, 0.1) is 13.8 Å². The van der Waals surface area contributed by atoms with E-state index < -0.39 is 0 Å². The van der Waals surface area contributed by atoms with Gasteiger partial charge < -0.3 is 11.1 Å². The summed E-state index contributed by atoms with van der Waals surface area (Å²) in [6.45, 7) is 6.80. The number of nitrogens with two attached hydrogens (primary N) is 1. The van der Waals surface area contributed by atoms with Crippen molar-refractivity contribution in [3.63, 3.8) is 0 Å². The molecule has 0 saturated heterocycles. The lowest BCUT2D eigenvalue weighted by atomic mass is 10.1. The molecule has 0 aromatic heterocycles. The predicted molar refractivity (Wildman–Crippen MR) is 94.4 cm³/mol. The van der Waals surface area contributed by atoms with Crippen molar-refractivity contribution < 1.29 is 4.79 Å². The van der Waals surface area contributed by atoms with Crippen molar-refractivity contribution in [1.29, 1.82) is 0 Å². The quantitative estimate of drug-likeness (QED) is 0.718. The number of carbonyl (C=O) groups is 1. The number of hydrogen-bond acceptors (Lipinski definition) is 3. The van der Waals surface area contributed by atoms with Crippen LogP contribution in [0.5, 0.6) is 0 Å². The average molecular weight is 331 g/mol. The van der Waals surface area contributed by atoms with Gasteiger partial charge in [0.1, 0.15) is 0 Å². The van der Waals surface area contributed by atoms with Gasteiger partial charge in [-0.3, -0.25) is 4.79 Å². The molecule has 0 radical (unpaired) electrons. The van der Waals surface area contributed by atoms with E-state index in [-0.39, 0.29) is 24.4 Å². The molecule has 1 aromatic rings. The van der Waals surface area contributed by atoms with E-state index in [1.807, 2.05) is 0 Å². The molecule has 0 aliphatic heterocycles. The lowest BCUT2D eigenvalue weighted by Crippen LogP contribution is -2.41. The van der Waals surface area contributed by atoms with Crippen LogP contribution in [0.25, 0.3) is 0 Å². The number of amides is 1. The lowest BCUT2D eigenvalue weighted by Gasteiger charge is -2.16. The van der Waals surface area contributed by atoms with Gasteiger partial charge in [0, 0.05) is 17.5 Å². The van der Waals surface area contributed by atoms with Crippen LogP contribution in [0.2, 0.25) is 0 Å². The number of thioether (sulfide) groups is 1. The van der Waals surface area contributed by atoms with Crippen LogP contribution >= 0.6 is 24.2 Å². The second-order valence-corrected chi connectivity index (χ2v) is 6.22. The van der Waals surface area contributed by atoms with Crippen LogP contribution in [-0.4, -0.2) is 24.2 Å². The zero-order valence-corrected chi connectivity index (χ0v) is 14.8. The van der Waals surface area contributed by atoms with Crippen molar-refractivity contribution in [3.05, 3.63) is 29.3 Å². The van der Waals surface area contributed by atoms with E-state index in [1.54, 1.807) is 11.8 Å². The first-order valence-electron chi connectivity index (χ1n) is 7.26. The van der Waals surface area contributed by atoms with E-state index in [4.69, 9.17) is 5.73 Å². The van der Waals surface area contributed by atoms with Gasteiger partial charge in [-0.2, -0.15) is 0 Å². The van der Waals surface area contributed by atoms with Gasteiger partial charge >= 0.3 is 0 Å². The largest absolute Gasteiger partial charge is 0.351 e. The minimum absolute atomic E-state index is 0. The molecule has 1 unspecified atom stereocenters. The van der Waals surface area contributed by atoms with E-state index >= 15 is 0 Å². The second kappa shape index (κ2) is 10.9. The molecule has 0 saturated carbocycles. The van der Waals surface area contributed by atoms with E-state index in [0.717, 1.165) is 19.3 Å². The highest BCUT2D eigenvalue weighted by Crippen LogP contribution is 2.23. The lowest BCUT2D eigenvalue weighted by molar-refractivity contribution is -0.119. The molecule has 1 atom stereocenters. The predicted octanol–water partition coefficient (Wildman–Crippen LogP) is 3.45. The van der Waals surface area contributed by atoms with E-state index in [9.17, 15) is 4.79 Å². The highest BCUT2D eigenvalue weighted by atomic mass is 35.5. The topological polar surface area (TPSA) is 55.1 Å². The van der Waals surface area contributed by atoms with Crippen molar-refractivity contribution in [2.45, 2.75) is 51.0 Å². The van der Waals surface area contributed by atoms with Crippen LogP contribution in [0.1, 0.15) is 37.3 Å². The molecule has 120 valence electrons. The summed E-state index contributed by atoms with van der Waals surface area (Å²) in [6.07, 6.45) is 3.20. The summed E-state index contributed by atoms with van der Waals surface area (Å²) >= 11 is 1.59. The normalized spacial score (nSPS) is 11.6. The molecule has 21 heavy (non-hydrogen) atoms. The second-order valence-electron chi connectivity index (χ2n) is 5.20. The number of hydrogen-bond donors (Lipinski definition) is 2. The number of nitrogens with one attached hydrogen (secondary N) is 1. The molecular formula is C16H27ClN2OS. The van der Waals surface area contributed by atoms with E-state index in [2.05, 4.69) is 44.3 Å². The van der Waals surface area contributed by atoms with Crippen LogP contribution in [-0.2, 0) is 4.79 Å². The fourth-order valence-corrected chi connectivity index (χ4v) is 2.91. The molecule has 0 aliphatic carbocycles. The molecule has 0 spiro atoms. The maximum atomic E-state index is 12.0. The minimum Gasteiger partial charge on any atom is -0.351 e. The zero-order valence-electron chi connectivity index (χ0n) is 13.1. The third kappa shape index (κ3) is 7.74. The summed E-state index contributed by atoms with van der Waals surface area (Å²) in [7, 11) is 0. The Morgan fingerprint density at radius 3 is 2.71 bits per heavy atom. The van der Waals surface area contributed by atoms with Crippen molar-refractivity contribution in [2.75, 3.05) is 12.3 Å². The third-order valence-electron chi connectivity index (χ3n) is 3.26. The van der Waals surface area contributed by atoms with Gasteiger partial charge in [-0.25, -0.2) is 0 Å².